The van der Waals surface area contributed by atoms with Crippen LogP contribution in [0.5, 0.6) is 5.75 Å². The molecule has 0 atom stereocenters. The third-order valence-corrected chi connectivity index (χ3v) is 4.28. The third kappa shape index (κ3) is 3.99. The lowest BCUT2D eigenvalue weighted by Gasteiger charge is -2.34. The zero-order valence-electron chi connectivity index (χ0n) is 13.6. The van der Waals surface area contributed by atoms with Crippen molar-refractivity contribution in [2.75, 3.05) is 27.3 Å². The van der Waals surface area contributed by atoms with Gasteiger partial charge in [-0.1, -0.05) is 6.07 Å². The number of benzene rings is 1. The maximum absolute atomic E-state index is 13.2. The minimum absolute atomic E-state index is 0.0168. The van der Waals surface area contributed by atoms with Gasteiger partial charge in [-0.05, 0) is 43.6 Å². The summed E-state index contributed by atoms with van der Waals surface area (Å²) in [4.78, 5) is 12.4. The van der Waals surface area contributed by atoms with Crippen LogP contribution in [-0.2, 0) is 22.3 Å². The molecule has 2 N–H and O–H groups in total. The summed E-state index contributed by atoms with van der Waals surface area (Å²) in [6.45, 7) is 1.02. The molecule has 2 rings (SSSR count). The number of ether oxygens (including phenoxy) is 2. The van der Waals surface area contributed by atoms with Crippen LogP contribution in [0.3, 0.4) is 0 Å². The summed E-state index contributed by atoms with van der Waals surface area (Å²) < 4.78 is 49.8. The molecule has 1 saturated heterocycles. The summed E-state index contributed by atoms with van der Waals surface area (Å²) in [7, 11) is 2.75. The van der Waals surface area contributed by atoms with Gasteiger partial charge in [0.2, 0.25) is 0 Å². The molecular weight excluding hydrogens is 325 g/mol. The molecule has 0 saturated carbocycles. The monoisotopic (exact) mass is 346 g/mol. The Kier molecular flexibility index (Phi) is 5.71. The highest BCUT2D eigenvalue weighted by atomic mass is 19.4. The molecule has 5 nitrogen and oxygen atoms in total. The molecule has 1 aromatic rings. The van der Waals surface area contributed by atoms with E-state index in [-0.39, 0.29) is 17.9 Å². The number of halogens is 3. The van der Waals surface area contributed by atoms with Crippen LogP contribution in [0, 0.1) is 0 Å². The van der Waals surface area contributed by atoms with E-state index in [0.29, 0.717) is 25.9 Å². The Bertz CT molecular complexity index is 584. The fourth-order valence-electron chi connectivity index (χ4n) is 2.79. The van der Waals surface area contributed by atoms with Crippen molar-refractivity contribution in [2.24, 2.45) is 0 Å². The van der Waals surface area contributed by atoms with Gasteiger partial charge in [0.25, 0.3) is 5.91 Å². The Hall–Kier alpha value is -1.80. The minimum atomic E-state index is -4.53. The first kappa shape index (κ1) is 18.5. The number of piperidine rings is 1. The average molecular weight is 346 g/mol. The fourth-order valence-corrected chi connectivity index (χ4v) is 2.79. The molecule has 134 valence electrons. The van der Waals surface area contributed by atoms with Gasteiger partial charge in [-0.3, -0.25) is 4.79 Å². The number of hydrogen-bond acceptors (Lipinski definition) is 4. The molecule has 0 aliphatic carbocycles. The van der Waals surface area contributed by atoms with Crippen LogP contribution in [0.15, 0.2) is 18.2 Å². The van der Waals surface area contributed by atoms with Crippen molar-refractivity contribution >= 4 is 5.91 Å². The zero-order chi connectivity index (χ0) is 17.8. The predicted octanol–water partition coefficient (Wildman–Crippen LogP) is 2.10. The van der Waals surface area contributed by atoms with Crippen molar-refractivity contribution in [1.82, 2.24) is 10.6 Å². The van der Waals surface area contributed by atoms with Gasteiger partial charge in [-0.2, -0.15) is 13.2 Å². The topological polar surface area (TPSA) is 59.6 Å². The van der Waals surface area contributed by atoms with Crippen molar-refractivity contribution in [3.05, 3.63) is 29.3 Å². The largest absolute Gasteiger partial charge is 0.497 e. The lowest BCUT2D eigenvalue weighted by Crippen LogP contribution is -2.54. The molecular formula is C16H21F3N2O3. The van der Waals surface area contributed by atoms with E-state index in [1.54, 1.807) is 0 Å². The van der Waals surface area contributed by atoms with Crippen LogP contribution in [0.1, 0.15) is 24.0 Å². The SMILES string of the molecule is COc1ccc(CNC(=O)C2(OC)CCNCC2)c(C(F)(F)F)c1. The summed E-state index contributed by atoms with van der Waals surface area (Å²) in [6, 6.07) is 3.68. The van der Waals surface area contributed by atoms with Crippen LogP contribution in [-0.4, -0.2) is 38.8 Å². The molecule has 0 aromatic heterocycles. The summed E-state index contributed by atoms with van der Waals surface area (Å²) in [5, 5.41) is 5.70. The Morgan fingerprint density at radius 2 is 1.96 bits per heavy atom. The zero-order valence-corrected chi connectivity index (χ0v) is 13.6. The van der Waals surface area contributed by atoms with Gasteiger partial charge in [0.15, 0.2) is 0 Å². The summed E-state index contributed by atoms with van der Waals surface area (Å²) in [6.07, 6.45) is -3.57. The molecule has 0 bridgehead atoms. The number of rotatable bonds is 5. The summed E-state index contributed by atoms with van der Waals surface area (Å²) in [5.41, 5.74) is -1.83. The molecule has 0 spiro atoms. The highest BCUT2D eigenvalue weighted by Gasteiger charge is 2.40. The Labute approximate surface area is 138 Å². The molecule has 24 heavy (non-hydrogen) atoms. The Morgan fingerprint density at radius 1 is 1.29 bits per heavy atom. The van der Waals surface area contributed by atoms with Crippen molar-refractivity contribution in [2.45, 2.75) is 31.2 Å². The lowest BCUT2D eigenvalue weighted by molar-refractivity contribution is -0.147. The van der Waals surface area contributed by atoms with E-state index in [2.05, 4.69) is 10.6 Å². The van der Waals surface area contributed by atoms with Crippen LogP contribution >= 0.6 is 0 Å². The van der Waals surface area contributed by atoms with Gasteiger partial charge in [-0.25, -0.2) is 0 Å². The molecule has 0 radical (unpaired) electrons. The van der Waals surface area contributed by atoms with Crippen LogP contribution < -0.4 is 15.4 Å². The van der Waals surface area contributed by atoms with Crippen molar-refractivity contribution in [1.29, 1.82) is 0 Å². The maximum Gasteiger partial charge on any atom is 0.416 e. The van der Waals surface area contributed by atoms with Gasteiger partial charge < -0.3 is 20.1 Å². The molecule has 1 aliphatic heterocycles. The number of amides is 1. The molecule has 8 heteroatoms. The minimum Gasteiger partial charge on any atom is -0.497 e. The highest BCUT2D eigenvalue weighted by Crippen LogP contribution is 2.34. The molecule has 1 amide bonds. The number of carbonyl (C=O) groups is 1. The fraction of sp³-hybridized carbons (Fsp3) is 0.562. The van der Waals surface area contributed by atoms with E-state index in [1.165, 1.54) is 26.4 Å². The van der Waals surface area contributed by atoms with E-state index in [9.17, 15) is 18.0 Å². The molecule has 1 aliphatic rings. The average Bonchev–Trinajstić information content (AvgIpc) is 2.59. The van der Waals surface area contributed by atoms with E-state index < -0.39 is 23.2 Å². The Morgan fingerprint density at radius 3 is 2.50 bits per heavy atom. The number of methoxy groups -OCH3 is 2. The number of hydrogen-bond donors (Lipinski definition) is 2. The number of alkyl halides is 3. The van der Waals surface area contributed by atoms with Crippen LogP contribution in [0.25, 0.3) is 0 Å². The van der Waals surface area contributed by atoms with Gasteiger partial charge >= 0.3 is 6.18 Å². The third-order valence-electron chi connectivity index (χ3n) is 4.28. The van der Waals surface area contributed by atoms with Gasteiger partial charge in [0.05, 0.1) is 12.7 Å². The number of carbonyl (C=O) groups excluding carboxylic acids is 1. The molecule has 1 fully saturated rings. The first-order valence-electron chi connectivity index (χ1n) is 7.61. The van der Waals surface area contributed by atoms with Gasteiger partial charge in [0, 0.05) is 13.7 Å². The van der Waals surface area contributed by atoms with E-state index in [0.717, 1.165) is 6.07 Å². The molecule has 1 heterocycles. The van der Waals surface area contributed by atoms with E-state index >= 15 is 0 Å². The van der Waals surface area contributed by atoms with Gasteiger partial charge in [0.1, 0.15) is 11.4 Å². The van der Waals surface area contributed by atoms with E-state index in [1.807, 2.05) is 0 Å². The Balaban J connectivity index is 2.15. The second-order valence-electron chi connectivity index (χ2n) is 5.65. The van der Waals surface area contributed by atoms with Crippen LogP contribution in [0.2, 0.25) is 0 Å². The highest BCUT2D eigenvalue weighted by molar-refractivity contribution is 5.85. The standard InChI is InChI=1S/C16H21F3N2O3/c1-23-12-4-3-11(13(9-12)16(17,18)19)10-21-14(22)15(24-2)5-7-20-8-6-15/h3-4,9,20H,5-8,10H2,1-2H3,(H,21,22). The van der Waals surface area contributed by atoms with Crippen molar-refractivity contribution < 1.29 is 27.4 Å². The smallest absolute Gasteiger partial charge is 0.416 e. The van der Waals surface area contributed by atoms with Crippen molar-refractivity contribution in [3.8, 4) is 5.75 Å². The van der Waals surface area contributed by atoms with Gasteiger partial charge in [-0.15, -0.1) is 0 Å². The molecule has 1 aromatic carbocycles. The first-order valence-corrected chi connectivity index (χ1v) is 7.61. The van der Waals surface area contributed by atoms with Crippen molar-refractivity contribution in [3.63, 3.8) is 0 Å². The van der Waals surface area contributed by atoms with Crippen LogP contribution in [0.4, 0.5) is 13.2 Å². The quantitative estimate of drug-likeness (QED) is 0.857. The first-order chi connectivity index (χ1) is 11.3. The molecule has 0 unspecified atom stereocenters. The second-order valence-corrected chi connectivity index (χ2v) is 5.65. The second kappa shape index (κ2) is 7.40. The number of nitrogens with one attached hydrogen (secondary N) is 2. The van der Waals surface area contributed by atoms with E-state index in [4.69, 9.17) is 9.47 Å². The lowest BCUT2D eigenvalue weighted by atomic mass is 9.91. The summed E-state index contributed by atoms with van der Waals surface area (Å²) >= 11 is 0. The summed E-state index contributed by atoms with van der Waals surface area (Å²) in [5.74, 6) is -0.278. The maximum atomic E-state index is 13.2. The predicted molar refractivity (Wildman–Crippen MR) is 81.7 cm³/mol. The normalized spacial score (nSPS) is 17.4.